The molecule has 0 bridgehead atoms. The smallest absolute Gasteiger partial charge is 0.202 e. The third-order valence-corrected chi connectivity index (χ3v) is 4.88. The van der Waals surface area contributed by atoms with E-state index in [1.54, 1.807) is 0 Å². The number of para-hydroxylation sites is 1. The quantitative estimate of drug-likeness (QED) is 0.516. The third kappa shape index (κ3) is 5.91. The van der Waals surface area contributed by atoms with E-state index in [2.05, 4.69) is 24.3 Å². The third-order valence-electron chi connectivity index (χ3n) is 4.88. The van der Waals surface area contributed by atoms with Crippen molar-refractivity contribution in [1.82, 2.24) is 0 Å². The summed E-state index contributed by atoms with van der Waals surface area (Å²) in [4.78, 5) is 0. The Hall–Kier alpha value is -2.66. The van der Waals surface area contributed by atoms with E-state index in [1.807, 2.05) is 66.7 Å². The summed E-state index contributed by atoms with van der Waals surface area (Å²) in [5.41, 5.74) is 2.29. The minimum Gasteiger partial charge on any atom is -0.465 e. The van der Waals surface area contributed by atoms with E-state index < -0.39 is 0 Å². The zero-order valence-corrected chi connectivity index (χ0v) is 16.4. The van der Waals surface area contributed by atoms with Crippen LogP contribution in [0.1, 0.15) is 17.5 Å². The van der Waals surface area contributed by atoms with Crippen LogP contribution in [0.4, 0.5) is 0 Å². The summed E-state index contributed by atoms with van der Waals surface area (Å²) in [5.74, 6) is 0.796. The summed E-state index contributed by atoms with van der Waals surface area (Å²) in [6.07, 6.45) is 0.0699. The number of hydrogen-bond donors (Lipinski definition) is 0. The molecule has 1 aliphatic heterocycles. The van der Waals surface area contributed by atoms with Gasteiger partial charge in [0, 0.05) is 6.42 Å². The first-order valence-corrected chi connectivity index (χ1v) is 10.0. The van der Waals surface area contributed by atoms with Gasteiger partial charge in [-0.2, -0.15) is 0 Å². The fourth-order valence-electron chi connectivity index (χ4n) is 3.37. The minimum atomic E-state index is -0.344. The zero-order valence-electron chi connectivity index (χ0n) is 16.4. The number of ether oxygens (including phenoxy) is 4. The molecule has 150 valence electrons. The van der Waals surface area contributed by atoms with Gasteiger partial charge in [0.2, 0.25) is 6.29 Å². The van der Waals surface area contributed by atoms with Gasteiger partial charge in [-0.3, -0.25) is 0 Å². The lowest BCUT2D eigenvalue weighted by molar-refractivity contribution is -0.112. The lowest BCUT2D eigenvalue weighted by atomic mass is 10.2. The summed E-state index contributed by atoms with van der Waals surface area (Å²) in [6.45, 7) is 1.56. The van der Waals surface area contributed by atoms with Gasteiger partial charge >= 0.3 is 0 Å². The Morgan fingerprint density at radius 3 is 1.97 bits per heavy atom. The van der Waals surface area contributed by atoms with Crippen LogP contribution < -0.4 is 4.74 Å². The van der Waals surface area contributed by atoms with E-state index in [0.29, 0.717) is 26.2 Å². The monoisotopic (exact) mass is 390 g/mol. The number of hydrogen-bond acceptors (Lipinski definition) is 4. The van der Waals surface area contributed by atoms with Gasteiger partial charge in [0.05, 0.1) is 25.9 Å². The Morgan fingerprint density at radius 1 is 0.724 bits per heavy atom. The summed E-state index contributed by atoms with van der Waals surface area (Å²) >= 11 is 0. The van der Waals surface area contributed by atoms with Crippen molar-refractivity contribution in [1.29, 1.82) is 0 Å². The summed E-state index contributed by atoms with van der Waals surface area (Å²) in [5, 5.41) is 0. The molecule has 1 fully saturated rings. The second-order valence-electron chi connectivity index (χ2n) is 7.11. The van der Waals surface area contributed by atoms with Crippen LogP contribution in [-0.4, -0.2) is 25.1 Å². The van der Waals surface area contributed by atoms with Gasteiger partial charge in [-0.1, -0.05) is 78.9 Å². The van der Waals surface area contributed by atoms with Crippen molar-refractivity contribution in [2.24, 2.45) is 0 Å². The molecule has 4 heteroatoms. The predicted octanol–water partition coefficient (Wildman–Crippen LogP) is 4.98. The maximum absolute atomic E-state index is 6.19. The van der Waals surface area contributed by atoms with Gasteiger partial charge < -0.3 is 18.9 Å². The van der Waals surface area contributed by atoms with E-state index in [0.717, 1.165) is 16.9 Å². The molecule has 3 atom stereocenters. The molecule has 0 radical (unpaired) electrons. The van der Waals surface area contributed by atoms with Crippen molar-refractivity contribution in [2.75, 3.05) is 6.61 Å². The van der Waals surface area contributed by atoms with E-state index in [9.17, 15) is 0 Å². The topological polar surface area (TPSA) is 36.9 Å². The fraction of sp³-hybridized carbons (Fsp3) is 0.280. The van der Waals surface area contributed by atoms with Crippen molar-refractivity contribution in [3.8, 4) is 5.75 Å². The van der Waals surface area contributed by atoms with Gasteiger partial charge in [0.1, 0.15) is 11.9 Å². The molecule has 29 heavy (non-hydrogen) atoms. The Morgan fingerprint density at radius 2 is 1.31 bits per heavy atom. The van der Waals surface area contributed by atoms with Crippen LogP contribution in [0, 0.1) is 0 Å². The molecule has 0 spiro atoms. The van der Waals surface area contributed by atoms with Crippen LogP contribution in [-0.2, 0) is 27.4 Å². The largest absolute Gasteiger partial charge is 0.465 e. The first kappa shape index (κ1) is 19.6. The van der Waals surface area contributed by atoms with Crippen LogP contribution >= 0.6 is 0 Å². The highest BCUT2D eigenvalue weighted by Gasteiger charge is 2.37. The van der Waals surface area contributed by atoms with Gasteiger partial charge in [-0.15, -0.1) is 0 Å². The van der Waals surface area contributed by atoms with E-state index in [1.165, 1.54) is 0 Å². The lowest BCUT2D eigenvalue weighted by Gasteiger charge is -2.19. The molecule has 3 aromatic carbocycles. The van der Waals surface area contributed by atoms with E-state index >= 15 is 0 Å². The Kier molecular flexibility index (Phi) is 6.92. The molecule has 4 rings (SSSR count). The van der Waals surface area contributed by atoms with E-state index in [-0.39, 0.29) is 18.5 Å². The van der Waals surface area contributed by atoms with Crippen molar-refractivity contribution >= 4 is 0 Å². The first-order valence-electron chi connectivity index (χ1n) is 10.0. The number of benzene rings is 3. The minimum absolute atomic E-state index is 0.0836. The maximum atomic E-state index is 6.19. The van der Waals surface area contributed by atoms with Crippen LogP contribution in [0.25, 0.3) is 0 Å². The Labute approximate surface area is 172 Å². The highest BCUT2D eigenvalue weighted by atomic mass is 16.7. The molecule has 4 nitrogen and oxygen atoms in total. The van der Waals surface area contributed by atoms with Gasteiger partial charge in [-0.05, 0) is 23.3 Å². The molecular formula is C25H26O4. The van der Waals surface area contributed by atoms with E-state index in [4.69, 9.17) is 18.9 Å². The van der Waals surface area contributed by atoms with Gasteiger partial charge in [0.25, 0.3) is 0 Å². The van der Waals surface area contributed by atoms with Gasteiger partial charge in [-0.25, -0.2) is 0 Å². The summed E-state index contributed by atoms with van der Waals surface area (Å²) in [6, 6.07) is 30.1. The van der Waals surface area contributed by atoms with Crippen LogP contribution in [0.2, 0.25) is 0 Å². The lowest BCUT2D eigenvalue weighted by Crippen LogP contribution is -2.29. The summed E-state index contributed by atoms with van der Waals surface area (Å²) in [7, 11) is 0. The predicted molar refractivity (Wildman–Crippen MR) is 111 cm³/mol. The van der Waals surface area contributed by atoms with Crippen molar-refractivity contribution in [3.63, 3.8) is 0 Å². The fourth-order valence-corrected chi connectivity index (χ4v) is 3.37. The van der Waals surface area contributed by atoms with Crippen molar-refractivity contribution in [2.45, 2.75) is 38.1 Å². The summed E-state index contributed by atoms with van der Waals surface area (Å²) < 4.78 is 24.2. The molecule has 0 saturated carbocycles. The molecule has 1 heterocycles. The average molecular weight is 390 g/mol. The van der Waals surface area contributed by atoms with Crippen molar-refractivity contribution < 1.29 is 18.9 Å². The highest BCUT2D eigenvalue weighted by molar-refractivity contribution is 5.21. The molecule has 0 aliphatic carbocycles. The molecule has 0 aromatic heterocycles. The molecular weight excluding hydrogens is 364 g/mol. The average Bonchev–Trinajstić information content (AvgIpc) is 3.16. The zero-order chi connectivity index (χ0) is 19.7. The maximum Gasteiger partial charge on any atom is 0.202 e. The molecule has 0 amide bonds. The Balaban J connectivity index is 1.34. The normalized spacial score (nSPS) is 21.2. The highest BCUT2D eigenvalue weighted by Crippen LogP contribution is 2.27. The number of rotatable bonds is 9. The second-order valence-corrected chi connectivity index (χ2v) is 7.11. The van der Waals surface area contributed by atoms with Crippen LogP contribution in [0.15, 0.2) is 91.0 Å². The molecule has 1 unspecified atom stereocenters. The van der Waals surface area contributed by atoms with Gasteiger partial charge in [0.15, 0.2) is 0 Å². The first-order chi connectivity index (χ1) is 14.4. The van der Waals surface area contributed by atoms with Crippen LogP contribution in [0.3, 0.4) is 0 Å². The molecule has 3 aromatic rings. The second kappa shape index (κ2) is 10.2. The van der Waals surface area contributed by atoms with Crippen molar-refractivity contribution in [3.05, 3.63) is 102 Å². The molecule has 0 N–H and O–H groups in total. The molecule has 1 aliphatic rings. The SMILES string of the molecule is c1ccc(COC[C@H]2OC(Oc3ccccc3)C[C@@H]2OCc2ccccc2)cc1. The molecule has 1 saturated heterocycles. The standard InChI is InChI=1S/C25H26O4/c1-4-10-20(11-5-1)17-26-19-24-23(27-18-21-12-6-2-7-13-21)16-25(29-24)28-22-14-8-3-9-15-22/h1-15,23-25H,16-19H2/t23-,24+,25?/m0/s1. The Bertz CT molecular complexity index is 838. The van der Waals surface area contributed by atoms with Crippen LogP contribution in [0.5, 0.6) is 5.75 Å².